The Kier molecular flexibility index (Phi) is 32.0. The van der Waals surface area contributed by atoms with E-state index in [1.54, 1.807) is 0 Å². The van der Waals surface area contributed by atoms with Crippen molar-refractivity contribution < 1.29 is 10.2 Å². The zero-order valence-corrected chi connectivity index (χ0v) is 21.9. The molecule has 0 spiro atoms. The molecule has 0 aromatic rings. The van der Waals surface area contributed by atoms with Gasteiger partial charge in [-0.1, -0.05) is 152 Å². The maximum absolute atomic E-state index is 9.60. The van der Waals surface area contributed by atoms with Crippen LogP contribution >= 0.6 is 0 Å². The minimum absolute atomic E-state index is 0. The van der Waals surface area contributed by atoms with Gasteiger partial charge in [-0.2, -0.15) is 0 Å². The monoisotopic (exact) mass is 444 g/mol. The zero-order chi connectivity index (χ0) is 23.0. The summed E-state index contributed by atoms with van der Waals surface area (Å²) < 4.78 is 0. The van der Waals surface area contributed by atoms with Gasteiger partial charge in [0.2, 0.25) is 0 Å². The van der Waals surface area contributed by atoms with Crippen molar-refractivity contribution in [2.24, 2.45) is 11.8 Å². The van der Waals surface area contributed by atoms with Gasteiger partial charge in [0.05, 0.1) is 12.2 Å². The summed E-state index contributed by atoms with van der Waals surface area (Å²) in [5.41, 5.74) is 0. The minimum atomic E-state index is -0.0786. The Bertz CT molecular complexity index is 271. The molecule has 0 fully saturated rings. The lowest BCUT2D eigenvalue weighted by Crippen LogP contribution is -2.13. The van der Waals surface area contributed by atoms with Gasteiger partial charge in [0.1, 0.15) is 0 Å². The molecule has 2 N–H and O–H groups in total. The molecule has 0 rings (SSSR count). The Morgan fingerprint density at radius 3 is 0.871 bits per heavy atom. The normalized spacial score (nSPS) is 13.0. The molecule has 0 aliphatic carbocycles. The fraction of sp³-hybridized carbons (Fsp3) is 1.00. The van der Waals surface area contributed by atoms with Crippen LogP contribution in [0.4, 0.5) is 0 Å². The molecule has 0 heterocycles. The average molecular weight is 445 g/mol. The van der Waals surface area contributed by atoms with Crippen LogP contribution in [0.25, 0.3) is 0 Å². The lowest BCUT2D eigenvalue weighted by Gasteiger charge is -2.13. The summed E-state index contributed by atoms with van der Waals surface area (Å²) in [6, 6.07) is 0. The third-order valence-electron chi connectivity index (χ3n) is 6.25. The van der Waals surface area contributed by atoms with E-state index in [9.17, 15) is 10.2 Å². The first kappa shape index (κ1) is 35.5. The Hall–Kier alpha value is -0.0800. The first-order valence-corrected chi connectivity index (χ1v) is 13.7. The second-order valence-electron chi connectivity index (χ2n) is 10.1. The molecule has 0 radical (unpaired) electrons. The van der Waals surface area contributed by atoms with Crippen molar-refractivity contribution in [2.45, 2.75) is 177 Å². The highest BCUT2D eigenvalue weighted by Crippen LogP contribution is 2.14. The summed E-state index contributed by atoms with van der Waals surface area (Å²) >= 11 is 0. The van der Waals surface area contributed by atoms with Gasteiger partial charge in [-0.15, -0.1) is 0 Å². The van der Waals surface area contributed by atoms with Crippen LogP contribution in [-0.4, -0.2) is 22.4 Å². The van der Waals surface area contributed by atoms with Crippen LogP contribution in [0, 0.1) is 11.8 Å². The topological polar surface area (TPSA) is 40.5 Å². The van der Waals surface area contributed by atoms with Gasteiger partial charge in [-0.25, -0.2) is 0 Å². The molecule has 0 aliphatic rings. The van der Waals surface area contributed by atoms with Crippen LogP contribution in [0.5, 0.6) is 0 Å². The molecule has 0 saturated carbocycles. The second kappa shape index (κ2) is 28.0. The highest BCUT2D eigenvalue weighted by molar-refractivity contribution is 4.60. The molecule has 2 atom stereocenters. The number of rotatable bonds is 20. The molecule has 0 saturated heterocycles. The summed E-state index contributed by atoms with van der Waals surface area (Å²) in [7, 11) is 0. The van der Waals surface area contributed by atoms with Crippen molar-refractivity contribution in [1.29, 1.82) is 0 Å². The fourth-order valence-corrected chi connectivity index (χ4v) is 3.64. The fourth-order valence-electron chi connectivity index (χ4n) is 3.64. The smallest absolute Gasteiger partial charge is 0.0563 e. The lowest BCUT2D eigenvalue weighted by atomic mass is 10.00. The first-order valence-electron chi connectivity index (χ1n) is 13.7. The number of hydrogen-bond donors (Lipinski definition) is 2. The van der Waals surface area contributed by atoms with Crippen LogP contribution < -0.4 is 0 Å². The van der Waals surface area contributed by atoms with Crippen molar-refractivity contribution >= 4 is 0 Å². The Balaban J connectivity index is -0.000000490. The molecule has 0 aromatic heterocycles. The molecule has 1 unspecified atom stereocenters. The van der Waals surface area contributed by atoms with Crippen LogP contribution in [0.15, 0.2) is 0 Å². The maximum Gasteiger partial charge on any atom is 0.0563 e. The van der Waals surface area contributed by atoms with Gasteiger partial charge in [-0.05, 0) is 24.7 Å². The standard InChI is InChI=1S/2C14H30O.CH4/c2*1-4-5-6-7-8-9-10-11-12-14(15)13(2)3;/h2*13-15H,4-12H2,1-3H3;1H4/t14-;;/m0../s1. The van der Waals surface area contributed by atoms with Crippen molar-refractivity contribution in [3.63, 3.8) is 0 Å². The molecular formula is C29H64O2. The van der Waals surface area contributed by atoms with Crippen LogP contribution in [-0.2, 0) is 0 Å². The van der Waals surface area contributed by atoms with E-state index in [-0.39, 0.29) is 19.6 Å². The van der Waals surface area contributed by atoms with E-state index >= 15 is 0 Å². The molecule has 2 heteroatoms. The molecule has 31 heavy (non-hydrogen) atoms. The quantitative estimate of drug-likeness (QED) is 0.183. The third-order valence-corrected chi connectivity index (χ3v) is 6.25. The Morgan fingerprint density at radius 2 is 0.645 bits per heavy atom. The molecule has 0 bridgehead atoms. The van der Waals surface area contributed by atoms with E-state index in [1.807, 2.05) is 0 Å². The number of aliphatic hydroxyl groups is 2. The molecule has 0 amide bonds. The number of aliphatic hydroxyl groups excluding tert-OH is 2. The minimum Gasteiger partial charge on any atom is -0.393 e. The van der Waals surface area contributed by atoms with E-state index < -0.39 is 0 Å². The highest BCUT2D eigenvalue weighted by atomic mass is 16.3. The predicted octanol–water partition coefficient (Wildman–Crippen LogP) is 9.70. The van der Waals surface area contributed by atoms with Crippen molar-refractivity contribution in [3.8, 4) is 0 Å². The van der Waals surface area contributed by atoms with E-state index in [0.717, 1.165) is 12.8 Å². The molecular weight excluding hydrogens is 380 g/mol. The summed E-state index contributed by atoms with van der Waals surface area (Å²) in [4.78, 5) is 0. The largest absolute Gasteiger partial charge is 0.393 e. The molecule has 0 aliphatic heterocycles. The zero-order valence-electron chi connectivity index (χ0n) is 21.9. The molecule has 192 valence electrons. The van der Waals surface area contributed by atoms with E-state index in [1.165, 1.54) is 103 Å². The second-order valence-corrected chi connectivity index (χ2v) is 10.1. The molecule has 2 nitrogen and oxygen atoms in total. The maximum atomic E-state index is 9.60. The highest BCUT2D eigenvalue weighted by Gasteiger charge is 2.08. The van der Waals surface area contributed by atoms with Crippen molar-refractivity contribution in [3.05, 3.63) is 0 Å². The predicted molar refractivity (Wildman–Crippen MR) is 143 cm³/mol. The number of hydrogen-bond acceptors (Lipinski definition) is 2. The van der Waals surface area contributed by atoms with Crippen molar-refractivity contribution in [2.75, 3.05) is 0 Å². The van der Waals surface area contributed by atoms with Gasteiger partial charge < -0.3 is 10.2 Å². The van der Waals surface area contributed by atoms with Crippen LogP contribution in [0.3, 0.4) is 0 Å². The van der Waals surface area contributed by atoms with Gasteiger partial charge in [0, 0.05) is 0 Å². The van der Waals surface area contributed by atoms with E-state index in [0.29, 0.717) is 11.8 Å². The van der Waals surface area contributed by atoms with Crippen LogP contribution in [0.2, 0.25) is 0 Å². The summed E-state index contributed by atoms with van der Waals surface area (Å²) in [6.07, 6.45) is 23.4. The van der Waals surface area contributed by atoms with E-state index in [4.69, 9.17) is 0 Å². The van der Waals surface area contributed by atoms with Gasteiger partial charge in [0.15, 0.2) is 0 Å². The summed E-state index contributed by atoms with van der Waals surface area (Å²) in [5, 5.41) is 19.2. The van der Waals surface area contributed by atoms with Crippen LogP contribution in [0.1, 0.15) is 165 Å². The van der Waals surface area contributed by atoms with Crippen molar-refractivity contribution in [1.82, 2.24) is 0 Å². The molecule has 0 aromatic carbocycles. The Morgan fingerprint density at radius 1 is 0.419 bits per heavy atom. The third kappa shape index (κ3) is 29.9. The summed E-state index contributed by atoms with van der Waals surface area (Å²) in [6.45, 7) is 12.9. The lowest BCUT2D eigenvalue weighted by molar-refractivity contribution is 0.113. The summed E-state index contributed by atoms with van der Waals surface area (Å²) in [5.74, 6) is 0.851. The van der Waals surface area contributed by atoms with Gasteiger partial charge in [0.25, 0.3) is 0 Å². The Labute approximate surface area is 199 Å². The number of unbranched alkanes of at least 4 members (excludes halogenated alkanes) is 14. The van der Waals surface area contributed by atoms with E-state index in [2.05, 4.69) is 41.5 Å². The first-order chi connectivity index (χ1) is 14.4. The van der Waals surface area contributed by atoms with Gasteiger partial charge >= 0.3 is 0 Å². The SMILES string of the molecule is C.CCCCCCCCCCC(O)C(C)C.CCCCCCCCCC[C@H](O)C(C)C. The average Bonchev–Trinajstić information content (AvgIpc) is 2.71. The van der Waals surface area contributed by atoms with Gasteiger partial charge in [-0.3, -0.25) is 0 Å².